The van der Waals surface area contributed by atoms with Crippen molar-refractivity contribution in [1.29, 1.82) is 0 Å². The number of hydrogen-bond donors (Lipinski definition) is 2. The summed E-state index contributed by atoms with van der Waals surface area (Å²) in [5.74, 6) is 0. The molecule has 0 saturated heterocycles. The van der Waals surface area contributed by atoms with Crippen molar-refractivity contribution in [3.8, 4) is 0 Å². The Morgan fingerprint density at radius 1 is 0.846 bits per heavy atom. The van der Waals surface area contributed by atoms with Gasteiger partial charge in [-0.05, 0) is 65.5 Å². The van der Waals surface area contributed by atoms with Crippen molar-refractivity contribution in [2.75, 3.05) is 0 Å². The first-order valence-corrected chi connectivity index (χ1v) is 17.6. The molecule has 0 aromatic heterocycles. The summed E-state index contributed by atoms with van der Waals surface area (Å²) in [5.41, 5.74) is 0. The lowest BCUT2D eigenvalue weighted by atomic mass is 10.2. The van der Waals surface area contributed by atoms with Crippen molar-refractivity contribution < 1.29 is 31.6 Å². The van der Waals surface area contributed by atoms with E-state index >= 15 is 0 Å². The fourth-order valence-corrected chi connectivity index (χ4v) is 12.5. The van der Waals surface area contributed by atoms with E-state index < -0.39 is 48.2 Å². The molecule has 0 spiro atoms. The first kappa shape index (κ1) is 26.3. The third-order valence-electron chi connectivity index (χ3n) is 5.34. The van der Waals surface area contributed by atoms with Gasteiger partial charge in [-0.1, -0.05) is 13.8 Å². The predicted octanol–water partition coefficient (Wildman–Crippen LogP) is 4.85. The van der Waals surface area contributed by atoms with Crippen LogP contribution in [0.5, 0.6) is 0 Å². The maximum atomic E-state index is 13.0. The first-order valence-electron chi connectivity index (χ1n) is 9.16. The van der Waals surface area contributed by atoms with Gasteiger partial charge in [0.2, 0.25) is 16.6 Å². The molecule has 0 radical (unpaired) electrons. The average Bonchev–Trinajstić information content (AvgIpc) is 2.37. The maximum Gasteiger partial charge on any atom is 0.388 e. The van der Waals surface area contributed by atoms with E-state index in [0.29, 0.717) is 12.8 Å². The Hall–Kier alpha value is 0.281. The van der Waals surface area contributed by atoms with Crippen molar-refractivity contribution in [1.82, 2.24) is 0 Å². The van der Waals surface area contributed by atoms with Gasteiger partial charge in [0.1, 0.15) is 0 Å². The molecule has 0 amide bonds. The van der Waals surface area contributed by atoms with Crippen LogP contribution in [0.2, 0.25) is 38.8 Å². The van der Waals surface area contributed by atoms with Crippen LogP contribution in [0.1, 0.15) is 47.0 Å². The van der Waals surface area contributed by atoms with Gasteiger partial charge in [-0.15, -0.1) is 0 Å². The van der Waals surface area contributed by atoms with E-state index in [-0.39, 0.29) is 6.04 Å². The van der Waals surface area contributed by atoms with E-state index in [1.807, 2.05) is 13.8 Å². The van der Waals surface area contributed by atoms with Gasteiger partial charge in [0.05, 0.1) is 10.4 Å². The van der Waals surface area contributed by atoms with Gasteiger partial charge in [-0.2, -0.15) is 13.2 Å². The molecule has 2 N–H and O–H groups in total. The highest BCUT2D eigenvalue weighted by Gasteiger charge is 2.57. The SMILES string of the molecule is CCC(CC)(O[Si](C)(CCC(F)(F)F)C(C)(C)O[Si](C)(C)O)[Si](C)(C)O. The monoisotopic (exact) mass is 434 g/mol. The zero-order valence-corrected chi connectivity index (χ0v) is 20.7. The van der Waals surface area contributed by atoms with E-state index in [2.05, 4.69) is 0 Å². The molecule has 0 heterocycles. The minimum atomic E-state index is -4.30. The quantitative estimate of drug-likeness (QED) is 0.482. The largest absolute Gasteiger partial charge is 0.429 e. The topological polar surface area (TPSA) is 58.9 Å². The average molecular weight is 435 g/mol. The Morgan fingerprint density at radius 2 is 1.27 bits per heavy atom. The minimum Gasteiger partial charge on any atom is -0.429 e. The molecule has 158 valence electrons. The Balaban J connectivity index is 6.07. The number of alkyl halides is 3. The fourth-order valence-electron chi connectivity index (χ4n) is 3.40. The van der Waals surface area contributed by atoms with E-state index in [1.165, 1.54) is 0 Å². The number of rotatable bonds is 10. The Kier molecular flexibility index (Phi) is 8.43. The Bertz CT molecular complexity index is 455. The zero-order valence-electron chi connectivity index (χ0n) is 17.7. The van der Waals surface area contributed by atoms with Gasteiger partial charge >= 0.3 is 14.7 Å². The first-order chi connectivity index (χ1) is 11.2. The lowest BCUT2D eigenvalue weighted by molar-refractivity contribution is -0.131. The summed E-state index contributed by atoms with van der Waals surface area (Å²) in [6, 6.07) is -0.180. The summed E-state index contributed by atoms with van der Waals surface area (Å²) in [4.78, 5) is 21.1. The Morgan fingerprint density at radius 3 is 1.54 bits per heavy atom. The summed E-state index contributed by atoms with van der Waals surface area (Å²) >= 11 is 0. The maximum absolute atomic E-state index is 13.0. The van der Waals surface area contributed by atoms with E-state index in [1.54, 1.807) is 46.6 Å². The molecule has 0 bridgehead atoms. The van der Waals surface area contributed by atoms with E-state index in [4.69, 9.17) is 8.85 Å². The molecule has 0 aliphatic rings. The summed E-state index contributed by atoms with van der Waals surface area (Å²) in [5, 5.41) is -1.88. The lowest BCUT2D eigenvalue weighted by Crippen LogP contribution is -2.68. The molecule has 1 atom stereocenters. The van der Waals surface area contributed by atoms with E-state index in [0.717, 1.165) is 0 Å². The molecular formula is C16H37F3O4Si3. The second-order valence-electron chi connectivity index (χ2n) is 8.77. The smallest absolute Gasteiger partial charge is 0.388 e. The molecule has 0 fully saturated rings. The van der Waals surface area contributed by atoms with Crippen LogP contribution in [-0.4, -0.2) is 51.4 Å². The predicted molar refractivity (Wildman–Crippen MR) is 106 cm³/mol. The highest BCUT2D eigenvalue weighted by atomic mass is 28.4. The fraction of sp³-hybridized carbons (Fsp3) is 1.00. The number of halogens is 3. The summed E-state index contributed by atoms with van der Waals surface area (Å²) in [6.45, 7) is 15.6. The third-order valence-corrected chi connectivity index (χ3v) is 14.5. The molecule has 1 unspecified atom stereocenters. The van der Waals surface area contributed by atoms with Crippen LogP contribution >= 0.6 is 0 Å². The van der Waals surface area contributed by atoms with Gasteiger partial charge in [0, 0.05) is 6.42 Å². The molecule has 4 nitrogen and oxygen atoms in total. The van der Waals surface area contributed by atoms with Gasteiger partial charge in [0.15, 0.2) is 0 Å². The molecule has 0 aromatic rings. The van der Waals surface area contributed by atoms with Crippen molar-refractivity contribution in [3.05, 3.63) is 0 Å². The molecule has 26 heavy (non-hydrogen) atoms. The van der Waals surface area contributed by atoms with Crippen molar-refractivity contribution >= 4 is 25.2 Å². The van der Waals surface area contributed by atoms with Crippen LogP contribution in [0.15, 0.2) is 0 Å². The summed E-state index contributed by atoms with van der Waals surface area (Å²) in [7, 11) is -9.01. The van der Waals surface area contributed by atoms with Crippen LogP contribution in [-0.2, 0) is 8.85 Å². The zero-order chi connectivity index (χ0) is 21.2. The summed E-state index contributed by atoms with van der Waals surface area (Å²) in [6.07, 6.45) is -4.23. The van der Waals surface area contributed by atoms with Gasteiger partial charge in [0.25, 0.3) is 0 Å². The van der Waals surface area contributed by atoms with Crippen LogP contribution in [0.25, 0.3) is 0 Å². The molecular weight excluding hydrogens is 397 g/mol. The van der Waals surface area contributed by atoms with Crippen LogP contribution in [0, 0.1) is 0 Å². The molecule has 0 aliphatic carbocycles. The van der Waals surface area contributed by atoms with Crippen LogP contribution < -0.4 is 0 Å². The van der Waals surface area contributed by atoms with E-state index in [9.17, 15) is 22.8 Å². The molecule has 0 aromatic carbocycles. The minimum absolute atomic E-state index is 0.180. The van der Waals surface area contributed by atoms with Crippen LogP contribution in [0.4, 0.5) is 13.2 Å². The van der Waals surface area contributed by atoms with Crippen molar-refractivity contribution in [2.45, 2.75) is 102 Å². The van der Waals surface area contributed by atoms with Gasteiger partial charge < -0.3 is 18.4 Å². The molecule has 0 aliphatic heterocycles. The Labute approximate surface area is 159 Å². The highest BCUT2D eigenvalue weighted by Crippen LogP contribution is 2.42. The normalized spacial score (nSPS) is 17.3. The van der Waals surface area contributed by atoms with Gasteiger partial charge in [-0.25, -0.2) is 0 Å². The van der Waals surface area contributed by atoms with Crippen molar-refractivity contribution in [2.24, 2.45) is 0 Å². The lowest BCUT2D eigenvalue weighted by Gasteiger charge is -2.52. The highest BCUT2D eigenvalue weighted by molar-refractivity contribution is 6.79. The van der Waals surface area contributed by atoms with Crippen molar-refractivity contribution in [3.63, 3.8) is 0 Å². The summed E-state index contributed by atoms with van der Waals surface area (Å²) < 4.78 is 51.4. The third kappa shape index (κ3) is 7.03. The molecule has 0 rings (SSSR count). The second kappa shape index (κ2) is 8.34. The molecule has 10 heteroatoms. The van der Waals surface area contributed by atoms with Gasteiger partial charge in [-0.3, -0.25) is 0 Å². The molecule has 0 saturated carbocycles. The second-order valence-corrected chi connectivity index (χ2v) is 20.3. The number of hydrogen-bond acceptors (Lipinski definition) is 4. The standard InChI is InChI=1S/C16H37F3O4Si3/c1-10-15(11-2,24(5,6)20)23-26(9,13-12-16(17,18)19)14(3,4)22-25(7,8)21/h20-21H,10-13H2,1-9H3. The van der Waals surface area contributed by atoms with Crippen LogP contribution in [0.3, 0.4) is 0 Å².